The molecule has 0 aromatic carbocycles. The van der Waals surface area contributed by atoms with Crippen molar-refractivity contribution >= 4 is 5.78 Å². The fourth-order valence-corrected chi connectivity index (χ4v) is 2.03. The first kappa shape index (κ1) is 8.72. The summed E-state index contributed by atoms with van der Waals surface area (Å²) in [4.78, 5) is 13.8. The van der Waals surface area contributed by atoms with Crippen LogP contribution in [0.25, 0.3) is 0 Å². The van der Waals surface area contributed by atoms with Crippen LogP contribution in [0.4, 0.5) is 0 Å². The zero-order valence-electron chi connectivity index (χ0n) is 7.85. The van der Waals surface area contributed by atoms with Crippen molar-refractivity contribution in [2.45, 2.75) is 20.8 Å². The second kappa shape index (κ2) is 2.59. The predicted octanol–water partition coefficient (Wildman–Crippen LogP) is 1.16. The molecule has 0 spiro atoms. The topological polar surface area (TPSA) is 20.3 Å². The van der Waals surface area contributed by atoms with Gasteiger partial charge < -0.3 is 4.90 Å². The lowest BCUT2D eigenvalue weighted by Crippen LogP contribution is -2.48. The lowest BCUT2D eigenvalue weighted by atomic mass is 9.78. The molecule has 1 aliphatic rings. The highest BCUT2D eigenvalue weighted by molar-refractivity contribution is 5.87. The molecule has 0 saturated carbocycles. The SMILES string of the molecule is CC1CN(C)CC(C)(C)C1=O. The van der Waals surface area contributed by atoms with Gasteiger partial charge in [0.05, 0.1) is 0 Å². The summed E-state index contributed by atoms with van der Waals surface area (Å²) >= 11 is 0. The van der Waals surface area contributed by atoms with Crippen molar-refractivity contribution in [3.8, 4) is 0 Å². The number of ketones is 1. The Balaban J connectivity index is 2.75. The van der Waals surface area contributed by atoms with Crippen LogP contribution in [-0.2, 0) is 4.79 Å². The van der Waals surface area contributed by atoms with Gasteiger partial charge in [-0.3, -0.25) is 4.79 Å². The van der Waals surface area contributed by atoms with Crippen LogP contribution in [0.1, 0.15) is 20.8 Å². The Bertz CT molecular complexity index is 174. The molecule has 1 unspecified atom stereocenters. The van der Waals surface area contributed by atoms with Crippen molar-refractivity contribution in [2.24, 2.45) is 11.3 Å². The molecule has 2 nitrogen and oxygen atoms in total. The van der Waals surface area contributed by atoms with Gasteiger partial charge in [-0.25, -0.2) is 0 Å². The Morgan fingerprint density at radius 2 is 2.09 bits per heavy atom. The highest BCUT2D eigenvalue weighted by Gasteiger charge is 2.37. The first-order chi connectivity index (χ1) is 4.93. The van der Waals surface area contributed by atoms with Crippen LogP contribution in [0.5, 0.6) is 0 Å². The van der Waals surface area contributed by atoms with Gasteiger partial charge >= 0.3 is 0 Å². The van der Waals surface area contributed by atoms with Gasteiger partial charge in [-0.2, -0.15) is 0 Å². The molecule has 1 heterocycles. The van der Waals surface area contributed by atoms with Crippen LogP contribution in [0.2, 0.25) is 0 Å². The molecule has 2 heteroatoms. The van der Waals surface area contributed by atoms with E-state index in [1.807, 2.05) is 20.8 Å². The summed E-state index contributed by atoms with van der Waals surface area (Å²) in [7, 11) is 2.07. The molecule has 0 radical (unpaired) electrons. The average molecular weight is 155 g/mol. The molecule has 1 fully saturated rings. The van der Waals surface area contributed by atoms with Gasteiger partial charge in [-0.1, -0.05) is 20.8 Å². The number of carbonyl (C=O) groups excluding carboxylic acids is 1. The second-order valence-electron chi connectivity index (χ2n) is 4.35. The smallest absolute Gasteiger partial charge is 0.143 e. The number of likely N-dealkylation sites (tertiary alicyclic amines) is 1. The third kappa shape index (κ3) is 1.62. The number of rotatable bonds is 0. The average Bonchev–Trinajstić information content (AvgIpc) is 1.81. The Morgan fingerprint density at radius 1 is 1.55 bits per heavy atom. The minimum atomic E-state index is -0.133. The maximum absolute atomic E-state index is 11.6. The van der Waals surface area contributed by atoms with E-state index in [4.69, 9.17) is 0 Å². The number of piperidine rings is 1. The van der Waals surface area contributed by atoms with Crippen LogP contribution >= 0.6 is 0 Å². The van der Waals surface area contributed by atoms with Crippen LogP contribution < -0.4 is 0 Å². The number of hydrogen-bond donors (Lipinski definition) is 0. The zero-order chi connectivity index (χ0) is 8.65. The quantitative estimate of drug-likeness (QED) is 0.523. The third-order valence-corrected chi connectivity index (χ3v) is 2.37. The fraction of sp³-hybridized carbons (Fsp3) is 0.889. The lowest BCUT2D eigenvalue weighted by molar-refractivity contribution is -0.135. The van der Waals surface area contributed by atoms with E-state index in [1.165, 1.54) is 0 Å². The molecule has 1 rings (SSSR count). The van der Waals surface area contributed by atoms with Crippen molar-refractivity contribution in [3.63, 3.8) is 0 Å². The van der Waals surface area contributed by atoms with Crippen LogP contribution in [0.15, 0.2) is 0 Å². The van der Waals surface area contributed by atoms with Gasteiger partial charge in [0.25, 0.3) is 0 Å². The normalized spacial score (nSPS) is 32.4. The molecule has 0 N–H and O–H groups in total. The summed E-state index contributed by atoms with van der Waals surface area (Å²) in [5.41, 5.74) is -0.133. The maximum Gasteiger partial charge on any atom is 0.143 e. The van der Waals surface area contributed by atoms with E-state index < -0.39 is 0 Å². The summed E-state index contributed by atoms with van der Waals surface area (Å²) in [5, 5.41) is 0. The molecule has 1 atom stereocenters. The minimum absolute atomic E-state index is 0.133. The van der Waals surface area contributed by atoms with E-state index >= 15 is 0 Å². The third-order valence-electron chi connectivity index (χ3n) is 2.37. The van der Waals surface area contributed by atoms with Crippen LogP contribution in [0, 0.1) is 11.3 Å². The van der Waals surface area contributed by atoms with Gasteiger partial charge in [0.1, 0.15) is 5.78 Å². The largest absolute Gasteiger partial charge is 0.305 e. The number of hydrogen-bond acceptors (Lipinski definition) is 2. The molecule has 0 aromatic rings. The molecule has 0 bridgehead atoms. The zero-order valence-corrected chi connectivity index (χ0v) is 7.85. The molecule has 64 valence electrons. The fourth-order valence-electron chi connectivity index (χ4n) is 2.03. The molecular formula is C9H17NO. The summed E-state index contributed by atoms with van der Waals surface area (Å²) < 4.78 is 0. The van der Waals surface area contributed by atoms with Crippen molar-refractivity contribution in [3.05, 3.63) is 0 Å². The number of Topliss-reactive ketones (excluding diaryl/α,β-unsaturated/α-hetero) is 1. The molecule has 0 aromatic heterocycles. The summed E-state index contributed by atoms with van der Waals surface area (Å²) in [6, 6.07) is 0. The van der Waals surface area contributed by atoms with E-state index in [0.717, 1.165) is 13.1 Å². The molecule has 0 amide bonds. The van der Waals surface area contributed by atoms with E-state index in [0.29, 0.717) is 5.78 Å². The van der Waals surface area contributed by atoms with Crippen molar-refractivity contribution in [2.75, 3.05) is 20.1 Å². The molecule has 1 aliphatic heterocycles. The Labute approximate surface area is 68.6 Å². The van der Waals surface area contributed by atoms with Gasteiger partial charge in [0.2, 0.25) is 0 Å². The first-order valence-corrected chi connectivity index (χ1v) is 4.16. The summed E-state index contributed by atoms with van der Waals surface area (Å²) in [5.74, 6) is 0.624. The molecule has 11 heavy (non-hydrogen) atoms. The predicted molar refractivity (Wildman–Crippen MR) is 45.4 cm³/mol. The van der Waals surface area contributed by atoms with Gasteiger partial charge in [-0.05, 0) is 7.05 Å². The monoisotopic (exact) mass is 155 g/mol. The van der Waals surface area contributed by atoms with Gasteiger partial charge in [0, 0.05) is 24.4 Å². The highest BCUT2D eigenvalue weighted by Crippen LogP contribution is 2.27. The Kier molecular flexibility index (Phi) is 2.06. The second-order valence-corrected chi connectivity index (χ2v) is 4.35. The standard InChI is InChI=1S/C9H17NO/c1-7-5-10(4)6-9(2,3)8(7)11/h7H,5-6H2,1-4H3. The Hall–Kier alpha value is -0.370. The molecule has 1 saturated heterocycles. The van der Waals surface area contributed by atoms with E-state index in [9.17, 15) is 4.79 Å². The molecule has 0 aliphatic carbocycles. The van der Waals surface area contributed by atoms with Gasteiger partial charge in [0.15, 0.2) is 0 Å². The molecular weight excluding hydrogens is 138 g/mol. The first-order valence-electron chi connectivity index (χ1n) is 4.16. The summed E-state index contributed by atoms with van der Waals surface area (Å²) in [6.45, 7) is 7.89. The summed E-state index contributed by atoms with van der Waals surface area (Å²) in [6.07, 6.45) is 0. The number of nitrogens with zero attached hydrogens (tertiary/aromatic N) is 1. The minimum Gasteiger partial charge on any atom is -0.305 e. The van der Waals surface area contributed by atoms with Crippen molar-refractivity contribution in [1.29, 1.82) is 0 Å². The van der Waals surface area contributed by atoms with E-state index in [2.05, 4.69) is 11.9 Å². The van der Waals surface area contributed by atoms with Crippen LogP contribution in [-0.4, -0.2) is 30.8 Å². The van der Waals surface area contributed by atoms with E-state index in [-0.39, 0.29) is 11.3 Å². The Morgan fingerprint density at radius 3 is 2.55 bits per heavy atom. The van der Waals surface area contributed by atoms with Crippen molar-refractivity contribution in [1.82, 2.24) is 4.90 Å². The number of carbonyl (C=O) groups is 1. The van der Waals surface area contributed by atoms with Crippen LogP contribution in [0.3, 0.4) is 0 Å². The lowest BCUT2D eigenvalue weighted by Gasteiger charge is -2.38. The highest BCUT2D eigenvalue weighted by atomic mass is 16.1. The maximum atomic E-state index is 11.6. The van der Waals surface area contributed by atoms with Crippen molar-refractivity contribution < 1.29 is 4.79 Å². The van der Waals surface area contributed by atoms with Gasteiger partial charge in [-0.15, -0.1) is 0 Å². The van der Waals surface area contributed by atoms with E-state index in [1.54, 1.807) is 0 Å².